The first-order valence-electron chi connectivity index (χ1n) is 6.65. The van der Waals surface area contributed by atoms with Crippen LogP contribution in [-0.4, -0.2) is 44.3 Å². The van der Waals surface area contributed by atoms with E-state index in [4.69, 9.17) is 27.9 Å². The number of halogens is 2. The molecule has 0 aliphatic carbocycles. The van der Waals surface area contributed by atoms with Crippen molar-refractivity contribution in [3.05, 3.63) is 33.8 Å². The minimum Gasteiger partial charge on any atom is -0.379 e. The highest BCUT2D eigenvalue weighted by Gasteiger charge is 2.12. The summed E-state index contributed by atoms with van der Waals surface area (Å²) >= 11 is 12.2. The van der Waals surface area contributed by atoms with Crippen LogP contribution in [0, 0.1) is 0 Å². The number of hydrogen-bond acceptors (Lipinski definition) is 3. The van der Waals surface area contributed by atoms with Crippen LogP contribution in [-0.2, 0) is 4.74 Å². The molecule has 1 N–H and O–H groups in total. The molecule has 1 aromatic carbocycles. The van der Waals surface area contributed by atoms with Crippen molar-refractivity contribution in [2.24, 2.45) is 0 Å². The second kappa shape index (κ2) is 7.46. The van der Waals surface area contributed by atoms with E-state index in [1.54, 1.807) is 0 Å². The SMILES string of the molecule is CC(NCCN1CCOCC1)c1cc(Cl)ccc1Cl. The fraction of sp³-hybridized carbons (Fsp3) is 0.571. The lowest BCUT2D eigenvalue weighted by molar-refractivity contribution is 0.0382. The highest BCUT2D eigenvalue weighted by Crippen LogP contribution is 2.25. The van der Waals surface area contributed by atoms with Gasteiger partial charge in [-0.3, -0.25) is 4.90 Å². The van der Waals surface area contributed by atoms with Gasteiger partial charge >= 0.3 is 0 Å². The Balaban J connectivity index is 1.80. The fourth-order valence-corrected chi connectivity index (χ4v) is 2.68. The molecule has 0 bridgehead atoms. The quantitative estimate of drug-likeness (QED) is 0.905. The lowest BCUT2D eigenvalue weighted by Gasteiger charge is -2.27. The Labute approximate surface area is 124 Å². The van der Waals surface area contributed by atoms with E-state index in [9.17, 15) is 0 Å². The van der Waals surface area contributed by atoms with Crippen molar-refractivity contribution in [1.29, 1.82) is 0 Å². The molecule has 106 valence electrons. The molecule has 19 heavy (non-hydrogen) atoms. The molecule has 1 saturated heterocycles. The molecule has 0 aromatic heterocycles. The first kappa shape index (κ1) is 15.1. The number of ether oxygens (including phenoxy) is 1. The predicted molar refractivity (Wildman–Crippen MR) is 80.1 cm³/mol. The summed E-state index contributed by atoms with van der Waals surface area (Å²) in [6, 6.07) is 5.79. The van der Waals surface area contributed by atoms with Crippen LogP contribution in [0.15, 0.2) is 18.2 Å². The number of hydrogen-bond donors (Lipinski definition) is 1. The van der Waals surface area contributed by atoms with Gasteiger partial charge in [0.1, 0.15) is 0 Å². The summed E-state index contributed by atoms with van der Waals surface area (Å²) in [6.45, 7) is 7.81. The van der Waals surface area contributed by atoms with Crippen molar-refractivity contribution >= 4 is 23.2 Å². The van der Waals surface area contributed by atoms with E-state index in [2.05, 4.69) is 17.1 Å². The second-order valence-electron chi connectivity index (χ2n) is 4.80. The van der Waals surface area contributed by atoms with Gasteiger partial charge in [0.2, 0.25) is 0 Å². The van der Waals surface area contributed by atoms with Gasteiger partial charge in [0, 0.05) is 42.3 Å². The van der Waals surface area contributed by atoms with Crippen LogP contribution in [0.1, 0.15) is 18.5 Å². The summed E-state index contributed by atoms with van der Waals surface area (Å²) in [5, 5.41) is 4.97. The summed E-state index contributed by atoms with van der Waals surface area (Å²) in [4.78, 5) is 2.41. The van der Waals surface area contributed by atoms with Crippen molar-refractivity contribution < 1.29 is 4.74 Å². The fourth-order valence-electron chi connectivity index (χ4n) is 2.22. The largest absolute Gasteiger partial charge is 0.379 e. The van der Waals surface area contributed by atoms with E-state index >= 15 is 0 Å². The Morgan fingerprint density at radius 2 is 2.05 bits per heavy atom. The standard InChI is InChI=1S/C14H20Cl2N2O/c1-11(13-10-12(15)2-3-14(13)16)17-4-5-18-6-8-19-9-7-18/h2-3,10-11,17H,4-9H2,1H3. The molecular formula is C14H20Cl2N2O. The number of nitrogens with one attached hydrogen (secondary N) is 1. The second-order valence-corrected chi connectivity index (χ2v) is 5.64. The minimum absolute atomic E-state index is 0.201. The van der Waals surface area contributed by atoms with E-state index in [-0.39, 0.29) is 6.04 Å². The van der Waals surface area contributed by atoms with Crippen LogP contribution < -0.4 is 5.32 Å². The number of nitrogens with zero attached hydrogens (tertiary/aromatic N) is 1. The maximum Gasteiger partial charge on any atom is 0.0594 e. The Hall–Kier alpha value is -0.320. The highest BCUT2D eigenvalue weighted by molar-refractivity contribution is 6.33. The smallest absolute Gasteiger partial charge is 0.0594 e. The van der Waals surface area contributed by atoms with Crippen molar-refractivity contribution in [1.82, 2.24) is 10.2 Å². The zero-order valence-corrected chi connectivity index (χ0v) is 12.7. The molecule has 2 rings (SSSR count). The average Bonchev–Trinajstić information content (AvgIpc) is 2.42. The molecule has 0 spiro atoms. The molecule has 3 nitrogen and oxygen atoms in total. The molecule has 0 saturated carbocycles. The Morgan fingerprint density at radius 1 is 1.32 bits per heavy atom. The molecule has 1 heterocycles. The topological polar surface area (TPSA) is 24.5 Å². The van der Waals surface area contributed by atoms with Crippen molar-refractivity contribution in [3.8, 4) is 0 Å². The third-order valence-corrected chi connectivity index (χ3v) is 3.99. The molecular weight excluding hydrogens is 283 g/mol. The van der Waals surface area contributed by atoms with Crippen LogP contribution in [0.25, 0.3) is 0 Å². The van der Waals surface area contributed by atoms with Gasteiger partial charge in [0.25, 0.3) is 0 Å². The maximum atomic E-state index is 6.19. The zero-order valence-electron chi connectivity index (χ0n) is 11.2. The molecule has 1 atom stereocenters. The van der Waals surface area contributed by atoms with Gasteiger partial charge in [-0.25, -0.2) is 0 Å². The summed E-state index contributed by atoms with van der Waals surface area (Å²) in [5.41, 5.74) is 1.05. The molecule has 0 amide bonds. The van der Waals surface area contributed by atoms with Gasteiger partial charge in [-0.15, -0.1) is 0 Å². The van der Waals surface area contributed by atoms with Gasteiger partial charge in [-0.05, 0) is 30.7 Å². The molecule has 1 unspecified atom stereocenters. The first-order chi connectivity index (χ1) is 9.16. The van der Waals surface area contributed by atoms with Crippen LogP contribution in [0.3, 0.4) is 0 Å². The van der Waals surface area contributed by atoms with Crippen LogP contribution >= 0.6 is 23.2 Å². The Morgan fingerprint density at radius 3 is 2.79 bits per heavy atom. The molecule has 0 radical (unpaired) electrons. The van der Waals surface area contributed by atoms with E-state index in [1.165, 1.54) is 0 Å². The van der Waals surface area contributed by atoms with Crippen molar-refractivity contribution in [3.63, 3.8) is 0 Å². The maximum absolute atomic E-state index is 6.19. The Bertz CT molecular complexity index is 408. The van der Waals surface area contributed by atoms with Gasteiger partial charge < -0.3 is 10.1 Å². The number of rotatable bonds is 5. The first-order valence-corrected chi connectivity index (χ1v) is 7.41. The van der Waals surface area contributed by atoms with Crippen LogP contribution in [0.5, 0.6) is 0 Å². The van der Waals surface area contributed by atoms with Crippen LogP contribution in [0.2, 0.25) is 10.0 Å². The van der Waals surface area contributed by atoms with Gasteiger partial charge in [0.15, 0.2) is 0 Å². The minimum atomic E-state index is 0.201. The molecule has 1 aromatic rings. The molecule has 1 aliphatic rings. The third kappa shape index (κ3) is 4.62. The van der Waals surface area contributed by atoms with E-state index < -0.39 is 0 Å². The number of morpholine rings is 1. The van der Waals surface area contributed by atoms with Gasteiger partial charge in [0.05, 0.1) is 13.2 Å². The highest BCUT2D eigenvalue weighted by atomic mass is 35.5. The Kier molecular flexibility index (Phi) is 5.92. The third-order valence-electron chi connectivity index (χ3n) is 3.41. The summed E-state index contributed by atoms with van der Waals surface area (Å²) < 4.78 is 5.33. The lowest BCUT2D eigenvalue weighted by Crippen LogP contribution is -2.40. The summed E-state index contributed by atoms with van der Waals surface area (Å²) in [7, 11) is 0. The van der Waals surface area contributed by atoms with Gasteiger partial charge in [-0.2, -0.15) is 0 Å². The molecule has 1 fully saturated rings. The molecule has 1 aliphatic heterocycles. The normalized spacial score (nSPS) is 18.5. The average molecular weight is 303 g/mol. The van der Waals surface area contributed by atoms with Crippen LogP contribution in [0.4, 0.5) is 0 Å². The summed E-state index contributed by atoms with van der Waals surface area (Å²) in [6.07, 6.45) is 0. The van der Waals surface area contributed by atoms with Crippen molar-refractivity contribution in [2.45, 2.75) is 13.0 Å². The monoisotopic (exact) mass is 302 g/mol. The summed E-state index contributed by atoms with van der Waals surface area (Å²) in [5.74, 6) is 0. The lowest BCUT2D eigenvalue weighted by atomic mass is 10.1. The van der Waals surface area contributed by atoms with E-state index in [1.807, 2.05) is 18.2 Å². The van der Waals surface area contributed by atoms with Crippen molar-refractivity contribution in [2.75, 3.05) is 39.4 Å². The molecule has 5 heteroatoms. The predicted octanol–water partition coefficient (Wildman–Crippen LogP) is 2.98. The number of benzene rings is 1. The van der Waals surface area contributed by atoms with Gasteiger partial charge in [-0.1, -0.05) is 23.2 Å². The van der Waals surface area contributed by atoms with E-state index in [0.29, 0.717) is 0 Å². The van der Waals surface area contributed by atoms with E-state index in [0.717, 1.165) is 55.0 Å². The zero-order chi connectivity index (χ0) is 13.7.